The molecule has 1 N–H and O–H groups in total. The summed E-state index contributed by atoms with van der Waals surface area (Å²) in [6.07, 6.45) is 3.97. The van der Waals surface area contributed by atoms with Crippen molar-refractivity contribution in [2.45, 2.75) is 58.2 Å². The van der Waals surface area contributed by atoms with Gasteiger partial charge in [0.25, 0.3) is 0 Å². The first kappa shape index (κ1) is 27.2. The van der Waals surface area contributed by atoms with Crippen molar-refractivity contribution in [2.75, 3.05) is 19.1 Å². The predicted octanol–water partition coefficient (Wildman–Crippen LogP) is 4.90. The first-order valence-corrected chi connectivity index (χ1v) is 13.6. The van der Waals surface area contributed by atoms with Crippen molar-refractivity contribution in [2.24, 2.45) is 0 Å². The van der Waals surface area contributed by atoms with Crippen molar-refractivity contribution in [3.05, 3.63) is 77.4 Å². The molecule has 1 saturated carbocycles. The molecular formula is C31H35N5O4. The number of aromatic nitrogens is 3. The molecule has 0 radical (unpaired) electrons. The van der Waals surface area contributed by atoms with Gasteiger partial charge in [-0.1, -0.05) is 48.4 Å². The van der Waals surface area contributed by atoms with Crippen LogP contribution in [0.4, 0.5) is 5.69 Å². The van der Waals surface area contributed by atoms with E-state index in [1.54, 1.807) is 42.0 Å². The van der Waals surface area contributed by atoms with Crippen LogP contribution in [0.15, 0.2) is 60.7 Å². The van der Waals surface area contributed by atoms with Crippen LogP contribution in [0.25, 0.3) is 11.0 Å². The molecule has 2 amide bonds. The highest BCUT2D eigenvalue weighted by atomic mass is 16.5. The third-order valence-corrected chi connectivity index (χ3v) is 7.60. The fourth-order valence-corrected chi connectivity index (χ4v) is 5.61. The van der Waals surface area contributed by atoms with E-state index in [1.807, 2.05) is 56.3 Å². The molecule has 1 fully saturated rings. The number of nitrogens with zero attached hydrogens (tertiary/aromatic N) is 4. The predicted molar refractivity (Wildman–Crippen MR) is 154 cm³/mol. The maximum Gasteiger partial charge on any atom is 0.249 e. The van der Waals surface area contributed by atoms with Gasteiger partial charge in [-0.25, -0.2) is 4.68 Å². The van der Waals surface area contributed by atoms with Crippen LogP contribution in [0.3, 0.4) is 0 Å². The maximum absolute atomic E-state index is 14.4. The second-order valence-electron chi connectivity index (χ2n) is 10.2. The maximum atomic E-state index is 14.4. The van der Waals surface area contributed by atoms with E-state index in [4.69, 9.17) is 9.47 Å². The zero-order valence-electron chi connectivity index (χ0n) is 23.4. The van der Waals surface area contributed by atoms with E-state index >= 15 is 0 Å². The summed E-state index contributed by atoms with van der Waals surface area (Å²) in [4.78, 5) is 30.3. The molecule has 0 aliphatic heterocycles. The Morgan fingerprint density at radius 3 is 2.42 bits per heavy atom. The number of carbonyl (C=O) groups is 2. The van der Waals surface area contributed by atoms with E-state index in [-0.39, 0.29) is 24.4 Å². The van der Waals surface area contributed by atoms with Gasteiger partial charge in [0.2, 0.25) is 11.8 Å². The summed E-state index contributed by atoms with van der Waals surface area (Å²) in [5.41, 5.74) is 4.44. The van der Waals surface area contributed by atoms with Gasteiger partial charge in [-0.3, -0.25) is 14.5 Å². The molecule has 9 nitrogen and oxygen atoms in total. The normalized spacial score (nSPS) is 14.2. The largest absolute Gasteiger partial charge is 0.497 e. The lowest BCUT2D eigenvalue weighted by Gasteiger charge is -2.35. The summed E-state index contributed by atoms with van der Waals surface area (Å²) in [7, 11) is 3.13. The van der Waals surface area contributed by atoms with Crippen LogP contribution in [0, 0.1) is 13.8 Å². The standard InChI is InChI=1S/C31H35N5O4/c1-20-10-9-11-21(2)29(20)36(28(37)19-35-26-15-8-7-14-25(26)33-34-35)30(31(38)32-22-12-5-6-13-22)24-17-16-23(39-3)18-27(24)40-4/h7-11,14-18,22,30H,5-6,12-13,19H2,1-4H3,(H,32,38). The minimum atomic E-state index is -0.997. The smallest absolute Gasteiger partial charge is 0.249 e. The number of anilines is 1. The van der Waals surface area contributed by atoms with Gasteiger partial charge in [-0.05, 0) is 62.1 Å². The molecule has 5 rings (SSSR count). The molecule has 208 valence electrons. The number of aryl methyl sites for hydroxylation is 2. The molecular weight excluding hydrogens is 506 g/mol. The van der Waals surface area contributed by atoms with Gasteiger partial charge in [0.15, 0.2) is 0 Å². The number of methoxy groups -OCH3 is 2. The number of nitrogens with one attached hydrogen (secondary N) is 1. The first-order chi connectivity index (χ1) is 19.4. The third kappa shape index (κ3) is 5.36. The molecule has 9 heteroatoms. The molecule has 4 aromatic rings. The van der Waals surface area contributed by atoms with Gasteiger partial charge in [-0.2, -0.15) is 0 Å². The van der Waals surface area contributed by atoms with Crippen LogP contribution >= 0.6 is 0 Å². The summed E-state index contributed by atoms with van der Waals surface area (Å²) in [6.45, 7) is 3.80. The molecule has 0 spiro atoms. The molecule has 1 aromatic heterocycles. The number of ether oxygens (including phenoxy) is 2. The van der Waals surface area contributed by atoms with E-state index in [1.165, 1.54) is 0 Å². The van der Waals surface area contributed by atoms with Crippen molar-refractivity contribution in [3.8, 4) is 11.5 Å². The van der Waals surface area contributed by atoms with Crippen LogP contribution in [0.5, 0.6) is 11.5 Å². The van der Waals surface area contributed by atoms with Crippen molar-refractivity contribution in [3.63, 3.8) is 0 Å². The van der Waals surface area contributed by atoms with Crippen LogP contribution in [-0.2, 0) is 16.1 Å². The Labute approximate surface area is 234 Å². The van der Waals surface area contributed by atoms with Crippen LogP contribution in [0.2, 0.25) is 0 Å². The lowest BCUT2D eigenvalue weighted by atomic mass is 9.98. The van der Waals surface area contributed by atoms with Gasteiger partial charge < -0.3 is 14.8 Å². The molecule has 1 atom stereocenters. The molecule has 3 aromatic carbocycles. The summed E-state index contributed by atoms with van der Waals surface area (Å²) in [5.74, 6) is 0.503. The fourth-order valence-electron chi connectivity index (χ4n) is 5.61. The second-order valence-corrected chi connectivity index (χ2v) is 10.2. The van der Waals surface area contributed by atoms with E-state index < -0.39 is 6.04 Å². The van der Waals surface area contributed by atoms with Crippen molar-refractivity contribution < 1.29 is 19.1 Å². The number of para-hydroxylation sites is 2. The van der Waals surface area contributed by atoms with Gasteiger partial charge in [0.05, 0.1) is 25.4 Å². The average molecular weight is 542 g/mol. The highest BCUT2D eigenvalue weighted by Crippen LogP contribution is 2.38. The highest BCUT2D eigenvalue weighted by molar-refractivity contribution is 6.03. The van der Waals surface area contributed by atoms with Gasteiger partial charge >= 0.3 is 0 Å². The zero-order valence-corrected chi connectivity index (χ0v) is 23.4. The number of amides is 2. The quantitative estimate of drug-likeness (QED) is 0.324. The number of rotatable bonds is 9. The van der Waals surface area contributed by atoms with Crippen molar-refractivity contribution >= 4 is 28.5 Å². The Balaban J connectivity index is 1.66. The van der Waals surface area contributed by atoms with E-state index in [9.17, 15) is 9.59 Å². The highest BCUT2D eigenvalue weighted by Gasteiger charge is 2.37. The molecule has 1 unspecified atom stereocenters. The average Bonchev–Trinajstić information content (AvgIpc) is 3.62. The molecule has 0 saturated heterocycles. The second kappa shape index (κ2) is 11.8. The lowest BCUT2D eigenvalue weighted by molar-refractivity contribution is -0.127. The topological polar surface area (TPSA) is 98.6 Å². The van der Waals surface area contributed by atoms with Gasteiger partial charge in [0, 0.05) is 17.7 Å². The first-order valence-electron chi connectivity index (χ1n) is 13.6. The molecule has 1 aliphatic rings. The molecule has 1 heterocycles. The number of hydrogen-bond donors (Lipinski definition) is 1. The Hall–Kier alpha value is -4.40. The Morgan fingerprint density at radius 2 is 1.73 bits per heavy atom. The van der Waals surface area contributed by atoms with Crippen molar-refractivity contribution in [1.29, 1.82) is 0 Å². The summed E-state index contributed by atoms with van der Waals surface area (Å²) in [6, 6.07) is 17.7. The minimum Gasteiger partial charge on any atom is -0.497 e. The number of benzene rings is 3. The molecule has 1 aliphatic carbocycles. The van der Waals surface area contributed by atoms with Crippen LogP contribution < -0.4 is 19.7 Å². The van der Waals surface area contributed by atoms with Crippen LogP contribution in [0.1, 0.15) is 48.4 Å². The van der Waals surface area contributed by atoms with E-state index in [0.717, 1.165) is 42.3 Å². The Bertz CT molecular complexity index is 1510. The summed E-state index contributed by atoms with van der Waals surface area (Å²) < 4.78 is 12.8. The number of fused-ring (bicyclic) bond motifs is 1. The fraction of sp³-hybridized carbons (Fsp3) is 0.355. The zero-order chi connectivity index (χ0) is 28.2. The molecule has 0 bridgehead atoms. The minimum absolute atomic E-state index is 0.0634. The monoisotopic (exact) mass is 541 g/mol. The molecule has 40 heavy (non-hydrogen) atoms. The Morgan fingerprint density at radius 1 is 1.00 bits per heavy atom. The van der Waals surface area contributed by atoms with Crippen molar-refractivity contribution in [1.82, 2.24) is 20.3 Å². The van der Waals surface area contributed by atoms with E-state index in [0.29, 0.717) is 28.3 Å². The van der Waals surface area contributed by atoms with Crippen LogP contribution in [-0.4, -0.2) is 47.1 Å². The van der Waals surface area contributed by atoms with E-state index in [2.05, 4.69) is 15.6 Å². The summed E-state index contributed by atoms with van der Waals surface area (Å²) in [5, 5.41) is 11.7. The lowest BCUT2D eigenvalue weighted by Crippen LogP contribution is -2.48. The summed E-state index contributed by atoms with van der Waals surface area (Å²) >= 11 is 0. The van der Waals surface area contributed by atoms with Gasteiger partial charge in [0.1, 0.15) is 29.6 Å². The number of hydrogen-bond acceptors (Lipinski definition) is 6. The Kier molecular flexibility index (Phi) is 8.00. The number of carbonyl (C=O) groups excluding carboxylic acids is 2. The SMILES string of the molecule is COc1ccc(C(C(=O)NC2CCCC2)N(C(=O)Cn2nnc3ccccc32)c2c(C)cccc2C)c(OC)c1. The van der Waals surface area contributed by atoms with Gasteiger partial charge in [-0.15, -0.1) is 5.10 Å². The third-order valence-electron chi connectivity index (χ3n) is 7.60.